The summed E-state index contributed by atoms with van der Waals surface area (Å²) in [6.07, 6.45) is 1.64. The van der Waals surface area contributed by atoms with Crippen LogP contribution in [0.25, 0.3) is 10.9 Å². The average Bonchev–Trinajstić information content (AvgIpc) is 2.63. The average molecular weight is 239 g/mol. The summed E-state index contributed by atoms with van der Waals surface area (Å²) in [6, 6.07) is 5.07. The van der Waals surface area contributed by atoms with E-state index in [0.717, 1.165) is 5.39 Å². The number of sulfone groups is 1. The molecule has 0 saturated heterocycles. The third-order valence-electron chi connectivity index (χ3n) is 2.59. The number of hydrogen-bond acceptors (Lipinski definition) is 3. The fourth-order valence-corrected chi connectivity index (χ4v) is 2.57. The molecule has 0 saturated carbocycles. The zero-order valence-corrected chi connectivity index (χ0v) is 9.71. The van der Waals surface area contributed by atoms with Gasteiger partial charge in [-0.2, -0.15) is 0 Å². The number of nitrogens with one attached hydrogen (secondary N) is 1. The van der Waals surface area contributed by atoms with Gasteiger partial charge < -0.3 is 10.1 Å². The molecule has 0 aliphatic heterocycles. The Balaban J connectivity index is 2.51. The maximum Gasteiger partial charge on any atom is 0.154 e. The van der Waals surface area contributed by atoms with Gasteiger partial charge in [0.05, 0.1) is 11.3 Å². The Morgan fingerprint density at radius 3 is 2.81 bits per heavy atom. The summed E-state index contributed by atoms with van der Waals surface area (Å²) in [6.45, 7) is 1.63. The van der Waals surface area contributed by atoms with Crippen LogP contribution in [-0.2, 0) is 15.6 Å². The number of aromatic amines is 1. The van der Waals surface area contributed by atoms with Crippen LogP contribution in [0.5, 0.6) is 5.75 Å². The molecule has 2 N–H and O–H groups in total. The van der Waals surface area contributed by atoms with E-state index in [-0.39, 0.29) is 17.3 Å². The van der Waals surface area contributed by atoms with Crippen molar-refractivity contribution in [3.63, 3.8) is 0 Å². The van der Waals surface area contributed by atoms with E-state index < -0.39 is 9.84 Å². The van der Waals surface area contributed by atoms with Crippen molar-refractivity contribution in [1.29, 1.82) is 0 Å². The van der Waals surface area contributed by atoms with Crippen molar-refractivity contribution in [2.45, 2.75) is 12.7 Å². The fourth-order valence-electron chi connectivity index (χ4n) is 1.65. The molecule has 4 nitrogen and oxygen atoms in total. The first-order valence-electron chi connectivity index (χ1n) is 5.02. The monoisotopic (exact) mass is 239 g/mol. The van der Waals surface area contributed by atoms with Gasteiger partial charge in [0.2, 0.25) is 0 Å². The van der Waals surface area contributed by atoms with Crippen molar-refractivity contribution in [2.24, 2.45) is 0 Å². The van der Waals surface area contributed by atoms with Gasteiger partial charge in [-0.1, -0.05) is 19.1 Å². The van der Waals surface area contributed by atoms with Gasteiger partial charge in [-0.05, 0) is 11.6 Å². The summed E-state index contributed by atoms with van der Waals surface area (Å²) in [5, 5.41) is 10.3. The number of phenolic OH excluding ortho intramolecular Hbond substituents is 1. The number of phenols is 1. The summed E-state index contributed by atoms with van der Waals surface area (Å²) in [5.74, 6) is 0.267. The molecular formula is C11H13NO3S. The van der Waals surface area contributed by atoms with Gasteiger partial charge in [-0.15, -0.1) is 0 Å². The molecule has 2 aromatic rings. The van der Waals surface area contributed by atoms with Crippen LogP contribution >= 0.6 is 0 Å². The second-order valence-electron chi connectivity index (χ2n) is 3.69. The number of H-pyrrole nitrogens is 1. The van der Waals surface area contributed by atoms with E-state index in [9.17, 15) is 13.5 Å². The predicted octanol–water partition coefficient (Wildman–Crippen LogP) is 1.81. The van der Waals surface area contributed by atoms with E-state index in [1.165, 1.54) is 0 Å². The third-order valence-corrected chi connectivity index (χ3v) is 4.22. The molecule has 0 aliphatic rings. The van der Waals surface area contributed by atoms with Crippen LogP contribution in [0.3, 0.4) is 0 Å². The topological polar surface area (TPSA) is 70.2 Å². The van der Waals surface area contributed by atoms with Gasteiger partial charge in [0.25, 0.3) is 0 Å². The van der Waals surface area contributed by atoms with E-state index in [1.807, 2.05) is 0 Å². The van der Waals surface area contributed by atoms with E-state index in [1.54, 1.807) is 31.3 Å². The predicted molar refractivity (Wildman–Crippen MR) is 63.1 cm³/mol. The van der Waals surface area contributed by atoms with Crippen LogP contribution in [0.1, 0.15) is 12.5 Å². The molecule has 2 rings (SSSR count). The van der Waals surface area contributed by atoms with Crippen molar-refractivity contribution in [1.82, 2.24) is 4.98 Å². The summed E-state index contributed by atoms with van der Waals surface area (Å²) in [7, 11) is -3.05. The molecule has 0 radical (unpaired) electrons. The van der Waals surface area contributed by atoms with E-state index >= 15 is 0 Å². The standard InChI is InChI=1S/C11H13NO3S/c1-2-16(14,15)7-8-6-12-11-9(8)4-3-5-10(11)13/h3-6,12-13H,2,7H2,1H3. The molecule has 16 heavy (non-hydrogen) atoms. The van der Waals surface area contributed by atoms with Gasteiger partial charge in [-0.3, -0.25) is 0 Å². The summed E-state index contributed by atoms with van der Waals surface area (Å²) in [5.41, 5.74) is 1.29. The Bertz CT molecular complexity index is 613. The Labute approximate surface area is 93.8 Å². The summed E-state index contributed by atoms with van der Waals surface area (Å²) in [4.78, 5) is 2.89. The molecule has 5 heteroatoms. The third kappa shape index (κ3) is 1.90. The number of rotatable bonds is 3. The SMILES string of the molecule is CCS(=O)(=O)Cc1c[nH]c2c(O)cccc12. The van der Waals surface area contributed by atoms with Crippen molar-refractivity contribution >= 4 is 20.7 Å². The second kappa shape index (κ2) is 3.83. The Morgan fingerprint density at radius 1 is 1.38 bits per heavy atom. The van der Waals surface area contributed by atoms with E-state index in [4.69, 9.17) is 0 Å². The number of benzene rings is 1. The highest BCUT2D eigenvalue weighted by atomic mass is 32.2. The number of para-hydroxylation sites is 1. The maximum atomic E-state index is 11.5. The zero-order chi connectivity index (χ0) is 11.8. The molecule has 0 aliphatic carbocycles. The quantitative estimate of drug-likeness (QED) is 0.858. The van der Waals surface area contributed by atoms with Crippen LogP contribution in [-0.4, -0.2) is 24.3 Å². The number of aromatic nitrogens is 1. The van der Waals surface area contributed by atoms with Crippen molar-refractivity contribution in [2.75, 3.05) is 5.75 Å². The lowest BCUT2D eigenvalue weighted by Crippen LogP contribution is -2.05. The molecule has 0 fully saturated rings. The first kappa shape index (κ1) is 11.0. The molecule has 0 spiro atoms. The summed E-state index contributed by atoms with van der Waals surface area (Å²) >= 11 is 0. The molecular weight excluding hydrogens is 226 g/mol. The first-order chi connectivity index (χ1) is 7.53. The molecule has 1 heterocycles. The highest BCUT2D eigenvalue weighted by molar-refractivity contribution is 7.90. The molecule has 0 atom stereocenters. The number of aromatic hydroxyl groups is 1. The van der Waals surface area contributed by atoms with Crippen molar-refractivity contribution < 1.29 is 13.5 Å². The lowest BCUT2D eigenvalue weighted by molar-refractivity contribution is 0.480. The molecule has 1 aromatic heterocycles. The minimum Gasteiger partial charge on any atom is -0.506 e. The number of hydrogen-bond donors (Lipinski definition) is 2. The molecule has 0 unspecified atom stereocenters. The second-order valence-corrected chi connectivity index (χ2v) is 6.04. The summed E-state index contributed by atoms with van der Waals surface area (Å²) < 4.78 is 23.0. The first-order valence-corrected chi connectivity index (χ1v) is 6.84. The van der Waals surface area contributed by atoms with Gasteiger partial charge in [0.1, 0.15) is 5.75 Å². The van der Waals surface area contributed by atoms with Gasteiger partial charge in [-0.25, -0.2) is 8.42 Å². The van der Waals surface area contributed by atoms with Crippen molar-refractivity contribution in [3.8, 4) is 5.75 Å². The Hall–Kier alpha value is -1.49. The Morgan fingerprint density at radius 2 is 2.12 bits per heavy atom. The van der Waals surface area contributed by atoms with Gasteiger partial charge >= 0.3 is 0 Å². The number of fused-ring (bicyclic) bond motifs is 1. The zero-order valence-electron chi connectivity index (χ0n) is 8.90. The molecule has 1 aromatic carbocycles. The minimum absolute atomic E-state index is 0.00690. The fraction of sp³-hybridized carbons (Fsp3) is 0.273. The maximum absolute atomic E-state index is 11.5. The molecule has 0 bridgehead atoms. The van der Waals surface area contributed by atoms with Gasteiger partial charge in [0.15, 0.2) is 9.84 Å². The lowest BCUT2D eigenvalue weighted by atomic mass is 10.2. The van der Waals surface area contributed by atoms with Crippen molar-refractivity contribution in [3.05, 3.63) is 30.0 Å². The highest BCUT2D eigenvalue weighted by Crippen LogP contribution is 2.27. The van der Waals surface area contributed by atoms with E-state index in [0.29, 0.717) is 11.1 Å². The largest absolute Gasteiger partial charge is 0.506 e. The lowest BCUT2D eigenvalue weighted by Gasteiger charge is -2.00. The van der Waals surface area contributed by atoms with Gasteiger partial charge in [0, 0.05) is 17.3 Å². The van der Waals surface area contributed by atoms with Crippen LogP contribution in [0.2, 0.25) is 0 Å². The Kier molecular flexibility index (Phi) is 2.63. The normalized spacial score (nSPS) is 12.1. The van der Waals surface area contributed by atoms with Crippen LogP contribution in [0.4, 0.5) is 0 Å². The smallest absolute Gasteiger partial charge is 0.154 e. The highest BCUT2D eigenvalue weighted by Gasteiger charge is 2.13. The van der Waals surface area contributed by atoms with Crippen LogP contribution < -0.4 is 0 Å². The molecule has 86 valence electrons. The minimum atomic E-state index is -3.05. The van der Waals surface area contributed by atoms with Crippen LogP contribution in [0.15, 0.2) is 24.4 Å². The van der Waals surface area contributed by atoms with E-state index in [2.05, 4.69) is 4.98 Å². The van der Waals surface area contributed by atoms with Crippen LogP contribution in [0, 0.1) is 0 Å². The molecule has 0 amide bonds.